The van der Waals surface area contributed by atoms with Crippen molar-refractivity contribution < 1.29 is 0 Å². The molecule has 0 amide bonds. The summed E-state index contributed by atoms with van der Waals surface area (Å²) >= 11 is 4.85. The van der Waals surface area contributed by atoms with Crippen LogP contribution in [0.2, 0.25) is 0 Å². The van der Waals surface area contributed by atoms with Gasteiger partial charge in [0.1, 0.15) is 11.6 Å². The Kier molecular flexibility index (Phi) is 1.83. The second-order valence-electron chi connectivity index (χ2n) is 2.23. The zero-order valence-electron chi connectivity index (χ0n) is 5.91. The quantitative estimate of drug-likeness (QED) is 0.708. The highest BCUT2D eigenvalue weighted by Gasteiger charge is 2.06. The van der Waals surface area contributed by atoms with Gasteiger partial charge in [-0.2, -0.15) is 5.26 Å². The van der Waals surface area contributed by atoms with Crippen LogP contribution in [-0.4, -0.2) is 4.98 Å². The third-order valence-electron chi connectivity index (χ3n) is 1.56. The number of thiazole rings is 1. The summed E-state index contributed by atoms with van der Waals surface area (Å²) in [5.41, 5.74) is 3.16. The van der Waals surface area contributed by atoms with Gasteiger partial charge in [0.25, 0.3) is 0 Å². The smallest absolute Gasteiger partial charge is 0.103 e. The lowest BCUT2D eigenvalue weighted by atomic mass is 10.2. The highest BCUT2D eigenvalue weighted by Crippen LogP contribution is 2.26. The molecule has 0 radical (unpaired) electrons. The predicted molar refractivity (Wildman–Crippen MR) is 52.0 cm³/mol. The first-order chi connectivity index (χ1) is 5.83. The average Bonchev–Trinajstić information content (AvgIpc) is 2.52. The molecule has 0 unspecified atom stereocenters. The number of hydrogen-bond donors (Lipinski definition) is 0. The number of rotatable bonds is 0. The Bertz CT molecular complexity index is 469. The molecule has 2 rings (SSSR count). The summed E-state index contributed by atoms with van der Waals surface area (Å²) in [6.07, 6.45) is 0. The van der Waals surface area contributed by atoms with E-state index in [2.05, 4.69) is 27.0 Å². The minimum Gasteiger partial charge on any atom is -0.243 e. The van der Waals surface area contributed by atoms with E-state index in [9.17, 15) is 0 Å². The minimum absolute atomic E-state index is 0.619. The lowest BCUT2D eigenvalue weighted by Gasteiger charge is -1.93. The zero-order chi connectivity index (χ0) is 8.55. The van der Waals surface area contributed by atoms with Crippen LogP contribution in [0.15, 0.2) is 22.1 Å². The molecule has 0 aliphatic heterocycles. The maximum Gasteiger partial charge on any atom is 0.103 e. The van der Waals surface area contributed by atoms with Gasteiger partial charge in [0.2, 0.25) is 0 Å². The fourth-order valence-electron chi connectivity index (χ4n) is 1.01. The molecule has 1 aromatic carbocycles. The zero-order valence-corrected chi connectivity index (χ0v) is 8.32. The Balaban J connectivity index is 2.94. The Hall–Kier alpha value is -0.920. The van der Waals surface area contributed by atoms with Crippen molar-refractivity contribution in [2.24, 2.45) is 0 Å². The first-order valence-corrected chi connectivity index (χ1v) is 4.92. The summed E-state index contributed by atoms with van der Waals surface area (Å²) in [6, 6.07) is 5.95. The van der Waals surface area contributed by atoms with Gasteiger partial charge in [0.15, 0.2) is 0 Å². The summed E-state index contributed by atoms with van der Waals surface area (Å²) in [6.45, 7) is 0. The van der Waals surface area contributed by atoms with Crippen LogP contribution in [0, 0.1) is 11.3 Å². The van der Waals surface area contributed by atoms with Crippen LogP contribution in [0.1, 0.15) is 5.56 Å². The fourth-order valence-corrected chi connectivity index (χ4v) is 2.11. The average molecular weight is 239 g/mol. The molecule has 0 bridgehead atoms. The van der Waals surface area contributed by atoms with Gasteiger partial charge in [0.05, 0.1) is 15.8 Å². The van der Waals surface area contributed by atoms with E-state index in [1.807, 2.05) is 12.1 Å². The molecule has 0 aliphatic carbocycles. The molecule has 58 valence electrons. The van der Waals surface area contributed by atoms with Crippen molar-refractivity contribution in [3.8, 4) is 6.07 Å². The van der Waals surface area contributed by atoms with Gasteiger partial charge in [-0.25, -0.2) is 4.98 Å². The first-order valence-electron chi connectivity index (χ1n) is 3.24. The molecule has 0 fully saturated rings. The Labute approximate surface area is 81.6 Å². The lowest BCUT2D eigenvalue weighted by molar-refractivity contribution is 1.44. The molecule has 0 aliphatic rings. The van der Waals surface area contributed by atoms with E-state index in [1.54, 1.807) is 16.8 Å². The molecule has 1 aromatic heterocycles. The molecule has 4 heteroatoms. The van der Waals surface area contributed by atoms with Crippen molar-refractivity contribution in [2.75, 3.05) is 0 Å². The maximum atomic E-state index is 8.82. The lowest BCUT2D eigenvalue weighted by Crippen LogP contribution is -1.79. The molecule has 2 aromatic rings. The maximum absolute atomic E-state index is 8.82. The van der Waals surface area contributed by atoms with Gasteiger partial charge in [0, 0.05) is 4.47 Å². The normalized spacial score (nSPS) is 10.0. The first kappa shape index (κ1) is 7.71. The number of aromatic nitrogens is 1. The van der Waals surface area contributed by atoms with Crippen LogP contribution in [0.25, 0.3) is 10.2 Å². The summed E-state index contributed by atoms with van der Waals surface area (Å²) < 4.78 is 1.86. The van der Waals surface area contributed by atoms with Crippen molar-refractivity contribution in [1.82, 2.24) is 4.98 Å². The molecule has 12 heavy (non-hydrogen) atoms. The minimum atomic E-state index is 0.619. The van der Waals surface area contributed by atoms with E-state index >= 15 is 0 Å². The number of benzene rings is 1. The molecule has 0 spiro atoms. The number of nitrogens with zero attached hydrogens (tertiary/aromatic N) is 2. The molecule has 0 saturated heterocycles. The van der Waals surface area contributed by atoms with E-state index in [0.717, 1.165) is 14.7 Å². The van der Waals surface area contributed by atoms with Crippen molar-refractivity contribution in [2.45, 2.75) is 0 Å². The van der Waals surface area contributed by atoms with E-state index in [0.29, 0.717) is 5.56 Å². The van der Waals surface area contributed by atoms with Crippen LogP contribution in [0.3, 0.4) is 0 Å². The van der Waals surface area contributed by atoms with Crippen LogP contribution in [-0.2, 0) is 0 Å². The van der Waals surface area contributed by atoms with Gasteiger partial charge in [-0.15, -0.1) is 11.3 Å². The second kappa shape index (κ2) is 2.85. The predicted octanol–water partition coefficient (Wildman–Crippen LogP) is 2.93. The third-order valence-corrected chi connectivity index (χ3v) is 3.02. The van der Waals surface area contributed by atoms with Crippen molar-refractivity contribution >= 4 is 37.5 Å². The van der Waals surface area contributed by atoms with Crippen LogP contribution >= 0.6 is 27.3 Å². The van der Waals surface area contributed by atoms with Crippen molar-refractivity contribution in [3.05, 3.63) is 27.7 Å². The summed E-state index contributed by atoms with van der Waals surface area (Å²) in [7, 11) is 0. The topological polar surface area (TPSA) is 36.7 Å². The Morgan fingerprint density at radius 3 is 3.08 bits per heavy atom. The fraction of sp³-hybridized carbons (Fsp3) is 0. The monoisotopic (exact) mass is 238 g/mol. The van der Waals surface area contributed by atoms with Gasteiger partial charge < -0.3 is 0 Å². The number of fused-ring (bicyclic) bond motifs is 1. The molecule has 0 atom stereocenters. The molecular weight excluding hydrogens is 236 g/mol. The van der Waals surface area contributed by atoms with E-state index in [1.165, 1.54) is 0 Å². The summed E-state index contributed by atoms with van der Waals surface area (Å²) in [5.74, 6) is 0. The molecule has 2 nitrogen and oxygen atoms in total. The highest BCUT2D eigenvalue weighted by atomic mass is 79.9. The Morgan fingerprint density at radius 1 is 1.50 bits per heavy atom. The standard InChI is InChI=1S/C8H3BrN2S/c9-6-1-2-7-8(5(6)3-10)11-4-12-7/h1-2,4H. The van der Waals surface area contributed by atoms with Gasteiger partial charge in [-0.1, -0.05) is 0 Å². The van der Waals surface area contributed by atoms with E-state index < -0.39 is 0 Å². The van der Waals surface area contributed by atoms with E-state index in [4.69, 9.17) is 5.26 Å². The van der Waals surface area contributed by atoms with Crippen LogP contribution in [0.4, 0.5) is 0 Å². The largest absolute Gasteiger partial charge is 0.243 e. The van der Waals surface area contributed by atoms with Gasteiger partial charge in [-0.05, 0) is 28.1 Å². The third kappa shape index (κ3) is 1.02. The summed E-state index contributed by atoms with van der Waals surface area (Å²) in [5, 5.41) is 8.82. The number of hydrogen-bond acceptors (Lipinski definition) is 3. The van der Waals surface area contributed by atoms with E-state index in [-0.39, 0.29) is 0 Å². The Morgan fingerprint density at radius 2 is 2.33 bits per heavy atom. The highest BCUT2D eigenvalue weighted by molar-refractivity contribution is 9.10. The molecule has 0 N–H and O–H groups in total. The van der Waals surface area contributed by atoms with Crippen molar-refractivity contribution in [1.29, 1.82) is 5.26 Å². The van der Waals surface area contributed by atoms with Crippen LogP contribution in [0.5, 0.6) is 0 Å². The molecule has 1 heterocycles. The van der Waals surface area contributed by atoms with Gasteiger partial charge >= 0.3 is 0 Å². The number of nitriles is 1. The SMILES string of the molecule is N#Cc1c(Br)ccc2scnc12. The summed E-state index contributed by atoms with van der Waals surface area (Å²) in [4.78, 5) is 4.12. The second-order valence-corrected chi connectivity index (χ2v) is 3.97. The van der Waals surface area contributed by atoms with Crippen LogP contribution < -0.4 is 0 Å². The van der Waals surface area contributed by atoms with Crippen molar-refractivity contribution in [3.63, 3.8) is 0 Å². The van der Waals surface area contributed by atoms with Gasteiger partial charge in [-0.3, -0.25) is 0 Å². The molecular formula is C8H3BrN2S. The number of halogens is 1. The molecule has 0 saturated carbocycles.